The number of aromatic nitrogens is 1. The summed E-state index contributed by atoms with van der Waals surface area (Å²) in [6.45, 7) is 0. The van der Waals surface area contributed by atoms with E-state index in [2.05, 4.69) is 10.3 Å². The number of anilines is 1. The Bertz CT molecular complexity index is 1020. The minimum absolute atomic E-state index is 0.325. The van der Waals surface area contributed by atoms with Gasteiger partial charge in [0.2, 0.25) is 0 Å². The predicted octanol–water partition coefficient (Wildman–Crippen LogP) is 4.32. The van der Waals surface area contributed by atoms with Crippen molar-refractivity contribution in [2.24, 2.45) is 0 Å². The first-order valence-electron chi connectivity index (χ1n) is 7.37. The lowest BCUT2D eigenvalue weighted by molar-refractivity contribution is -0.125. The van der Waals surface area contributed by atoms with Crippen LogP contribution in [-0.4, -0.2) is 23.0 Å². The number of nitrogens with zero attached hydrogens (tertiary/aromatic N) is 1. The largest absolute Gasteiger partial charge is 0.448 e. The molecule has 2 aromatic carbocycles. The maximum Gasteiger partial charge on any atom is 0.339 e. The number of carbonyl (C=O) groups is 2. The number of ether oxygens (including phenoxy) is 1. The van der Waals surface area contributed by atoms with Crippen LogP contribution < -0.4 is 5.32 Å². The van der Waals surface area contributed by atoms with Gasteiger partial charge in [0.1, 0.15) is 5.52 Å². The Morgan fingerprint density at radius 1 is 1.24 bits per heavy atom. The second-order valence-corrected chi connectivity index (χ2v) is 7.29. The van der Waals surface area contributed by atoms with Crippen LogP contribution in [0.3, 0.4) is 0 Å². The molecule has 0 spiro atoms. The average Bonchev–Trinajstić information content (AvgIpc) is 3.01. The molecule has 0 fully saturated rings. The van der Waals surface area contributed by atoms with E-state index in [4.69, 9.17) is 27.9 Å². The molecule has 1 aliphatic rings. The number of fused-ring (bicyclic) bond motifs is 2. The van der Waals surface area contributed by atoms with Gasteiger partial charge in [-0.15, -0.1) is 0 Å². The molecule has 5 nitrogen and oxygen atoms in total. The molecular weight excluding hydrogens is 383 g/mol. The highest BCUT2D eigenvalue weighted by Crippen LogP contribution is 2.35. The van der Waals surface area contributed by atoms with E-state index in [1.165, 1.54) is 11.3 Å². The van der Waals surface area contributed by atoms with Crippen LogP contribution in [0.2, 0.25) is 10.0 Å². The fourth-order valence-corrected chi connectivity index (χ4v) is 3.95. The van der Waals surface area contributed by atoms with Crippen LogP contribution in [0.15, 0.2) is 36.4 Å². The molecule has 2 heterocycles. The highest BCUT2D eigenvalue weighted by Gasteiger charge is 2.31. The third kappa shape index (κ3) is 2.97. The number of halogens is 2. The van der Waals surface area contributed by atoms with Gasteiger partial charge in [0.15, 0.2) is 11.2 Å². The fraction of sp³-hybridized carbons (Fsp3) is 0.118. The highest BCUT2D eigenvalue weighted by molar-refractivity contribution is 7.22. The SMILES string of the molecule is O=C1O[C@H](C(=O)Nc2nc3c(Cl)c(Cl)ccc3s2)Cc2ccccc21. The zero-order valence-corrected chi connectivity index (χ0v) is 14.9. The normalized spacial score (nSPS) is 16.4. The summed E-state index contributed by atoms with van der Waals surface area (Å²) in [5.74, 6) is -0.926. The van der Waals surface area contributed by atoms with Crippen LogP contribution >= 0.6 is 34.5 Å². The summed E-state index contributed by atoms with van der Waals surface area (Å²) in [5.41, 5.74) is 1.81. The predicted molar refractivity (Wildman–Crippen MR) is 97.6 cm³/mol. The summed E-state index contributed by atoms with van der Waals surface area (Å²) in [7, 11) is 0. The van der Waals surface area contributed by atoms with E-state index in [1.54, 1.807) is 24.3 Å². The molecule has 0 saturated heterocycles. The fourth-order valence-electron chi connectivity index (χ4n) is 2.65. The van der Waals surface area contributed by atoms with Crippen molar-refractivity contribution < 1.29 is 14.3 Å². The zero-order chi connectivity index (χ0) is 17.6. The molecule has 0 unspecified atom stereocenters. The number of amides is 1. The summed E-state index contributed by atoms with van der Waals surface area (Å²) in [6, 6.07) is 10.5. The minimum Gasteiger partial charge on any atom is -0.448 e. The average molecular weight is 393 g/mol. The van der Waals surface area contributed by atoms with Crippen molar-refractivity contribution in [1.82, 2.24) is 4.98 Å². The van der Waals surface area contributed by atoms with Crippen LogP contribution in [-0.2, 0) is 16.0 Å². The molecule has 0 aliphatic carbocycles. The molecule has 0 bridgehead atoms. The Morgan fingerprint density at radius 2 is 2.04 bits per heavy atom. The molecule has 0 saturated carbocycles. The lowest BCUT2D eigenvalue weighted by Crippen LogP contribution is -2.37. The van der Waals surface area contributed by atoms with Gasteiger partial charge >= 0.3 is 5.97 Å². The van der Waals surface area contributed by atoms with Crippen molar-refractivity contribution in [2.45, 2.75) is 12.5 Å². The third-order valence-electron chi connectivity index (χ3n) is 3.87. The van der Waals surface area contributed by atoms with E-state index in [0.29, 0.717) is 32.7 Å². The second-order valence-electron chi connectivity index (χ2n) is 5.47. The van der Waals surface area contributed by atoms with E-state index >= 15 is 0 Å². The number of hydrogen-bond acceptors (Lipinski definition) is 5. The van der Waals surface area contributed by atoms with Crippen LogP contribution in [0, 0.1) is 0 Å². The van der Waals surface area contributed by atoms with Crippen molar-refractivity contribution in [3.63, 3.8) is 0 Å². The molecule has 3 aromatic rings. The third-order valence-corrected chi connectivity index (χ3v) is 5.60. The smallest absolute Gasteiger partial charge is 0.339 e. The Kier molecular flexibility index (Phi) is 4.11. The molecule has 1 aromatic heterocycles. The number of thiazole rings is 1. The zero-order valence-electron chi connectivity index (χ0n) is 12.6. The highest BCUT2D eigenvalue weighted by atomic mass is 35.5. The summed E-state index contributed by atoms with van der Waals surface area (Å²) in [6.07, 6.45) is -0.570. The summed E-state index contributed by atoms with van der Waals surface area (Å²) in [5, 5.41) is 3.80. The van der Waals surface area contributed by atoms with Gasteiger partial charge in [0.05, 0.1) is 20.3 Å². The molecule has 1 amide bonds. The molecule has 126 valence electrons. The molecule has 0 radical (unpaired) electrons. The molecule has 1 N–H and O–H groups in total. The van der Waals surface area contributed by atoms with Gasteiger partial charge < -0.3 is 4.74 Å². The lowest BCUT2D eigenvalue weighted by Gasteiger charge is -2.23. The van der Waals surface area contributed by atoms with Crippen LogP contribution in [0.5, 0.6) is 0 Å². The topological polar surface area (TPSA) is 68.3 Å². The Morgan fingerprint density at radius 3 is 2.88 bits per heavy atom. The summed E-state index contributed by atoms with van der Waals surface area (Å²) < 4.78 is 6.04. The van der Waals surface area contributed by atoms with Crippen molar-refractivity contribution >= 4 is 61.8 Å². The maximum absolute atomic E-state index is 12.5. The number of nitrogens with one attached hydrogen (secondary N) is 1. The number of esters is 1. The number of cyclic esters (lactones) is 1. The first-order valence-corrected chi connectivity index (χ1v) is 8.94. The molecule has 4 rings (SSSR count). The van der Waals surface area contributed by atoms with Gasteiger partial charge in [-0.05, 0) is 23.8 Å². The van der Waals surface area contributed by atoms with Gasteiger partial charge in [-0.25, -0.2) is 9.78 Å². The van der Waals surface area contributed by atoms with Crippen LogP contribution in [0.1, 0.15) is 15.9 Å². The van der Waals surface area contributed by atoms with E-state index in [-0.39, 0.29) is 0 Å². The van der Waals surface area contributed by atoms with E-state index in [9.17, 15) is 9.59 Å². The Hall–Kier alpha value is -2.15. The Balaban J connectivity index is 1.57. The second kappa shape index (κ2) is 6.29. The molecule has 8 heteroatoms. The van der Waals surface area contributed by atoms with Gasteiger partial charge in [0.25, 0.3) is 5.91 Å². The standard InChI is InChI=1S/C17H10Cl2N2O3S/c18-10-5-6-12-14(13(10)19)20-17(25-12)21-15(22)11-7-8-3-1-2-4-9(8)16(23)24-11/h1-6,11H,7H2,(H,20,21,22)/t11-/m0/s1. The summed E-state index contributed by atoms with van der Waals surface area (Å²) in [4.78, 5) is 28.8. The van der Waals surface area contributed by atoms with E-state index in [0.717, 1.165) is 10.3 Å². The summed E-state index contributed by atoms with van der Waals surface area (Å²) >= 11 is 13.4. The lowest BCUT2D eigenvalue weighted by atomic mass is 9.98. The van der Waals surface area contributed by atoms with Gasteiger partial charge in [-0.1, -0.05) is 52.7 Å². The van der Waals surface area contributed by atoms with Gasteiger partial charge in [0, 0.05) is 6.42 Å². The van der Waals surface area contributed by atoms with Crippen molar-refractivity contribution in [2.75, 3.05) is 5.32 Å². The van der Waals surface area contributed by atoms with Gasteiger partial charge in [-0.3, -0.25) is 10.1 Å². The van der Waals surface area contributed by atoms with E-state index < -0.39 is 18.0 Å². The molecular formula is C17H10Cl2N2O3S. The number of rotatable bonds is 2. The Labute approximate surface area is 156 Å². The number of carbonyl (C=O) groups excluding carboxylic acids is 2. The van der Waals surface area contributed by atoms with Gasteiger partial charge in [-0.2, -0.15) is 0 Å². The molecule has 1 atom stereocenters. The molecule has 25 heavy (non-hydrogen) atoms. The van der Waals surface area contributed by atoms with Crippen molar-refractivity contribution in [3.05, 3.63) is 57.6 Å². The van der Waals surface area contributed by atoms with Crippen LogP contribution in [0.25, 0.3) is 10.2 Å². The first-order chi connectivity index (χ1) is 12.0. The molecule has 1 aliphatic heterocycles. The first kappa shape index (κ1) is 16.3. The quantitative estimate of drug-likeness (QED) is 0.659. The van der Waals surface area contributed by atoms with Crippen molar-refractivity contribution in [3.8, 4) is 0 Å². The number of hydrogen-bond donors (Lipinski definition) is 1. The van der Waals surface area contributed by atoms with E-state index in [1.807, 2.05) is 12.1 Å². The van der Waals surface area contributed by atoms with Crippen LogP contribution in [0.4, 0.5) is 5.13 Å². The van der Waals surface area contributed by atoms with Crippen molar-refractivity contribution in [1.29, 1.82) is 0 Å². The monoisotopic (exact) mass is 392 g/mol. The minimum atomic E-state index is -0.895. The maximum atomic E-state index is 12.5. The number of benzene rings is 2.